The van der Waals surface area contributed by atoms with Gasteiger partial charge in [-0.3, -0.25) is 14.9 Å². The maximum atomic E-state index is 14.4. The molecule has 0 aromatic heterocycles. The third-order valence-corrected chi connectivity index (χ3v) is 4.83. The molecule has 0 radical (unpaired) electrons. The summed E-state index contributed by atoms with van der Waals surface area (Å²) in [6.07, 6.45) is 2.96. The Hall–Kier alpha value is -1.95. The van der Waals surface area contributed by atoms with Gasteiger partial charge in [0.1, 0.15) is 11.4 Å². The maximum Gasteiger partial charge on any atom is 0.326 e. The van der Waals surface area contributed by atoms with Crippen molar-refractivity contribution in [1.29, 1.82) is 0 Å². The molecule has 1 aliphatic rings. The van der Waals surface area contributed by atoms with E-state index in [0.717, 1.165) is 24.8 Å². The second kappa shape index (κ2) is 7.75. The lowest BCUT2D eigenvalue weighted by Gasteiger charge is -2.39. The number of hydrogen-bond acceptors (Lipinski definition) is 4. The number of carbonyl (C=O) groups excluding carboxylic acids is 2. The predicted octanol–water partition coefficient (Wildman–Crippen LogP) is 2.25. The summed E-state index contributed by atoms with van der Waals surface area (Å²) in [7, 11) is 2.92. The summed E-state index contributed by atoms with van der Waals surface area (Å²) >= 11 is 0. The van der Waals surface area contributed by atoms with Crippen LogP contribution >= 0.6 is 0 Å². The number of benzene rings is 1. The van der Waals surface area contributed by atoms with Gasteiger partial charge in [0.15, 0.2) is 0 Å². The summed E-state index contributed by atoms with van der Waals surface area (Å²) in [5.74, 6) is -1.35. The number of esters is 1. The van der Waals surface area contributed by atoms with Crippen LogP contribution in [-0.4, -0.2) is 31.6 Å². The molecule has 0 saturated heterocycles. The molecule has 1 amide bonds. The van der Waals surface area contributed by atoms with Crippen LogP contribution in [0.3, 0.4) is 0 Å². The monoisotopic (exact) mass is 336 g/mol. The lowest BCUT2D eigenvalue weighted by atomic mass is 9.76. The van der Waals surface area contributed by atoms with Crippen molar-refractivity contribution in [2.75, 3.05) is 14.2 Å². The van der Waals surface area contributed by atoms with E-state index in [0.29, 0.717) is 18.5 Å². The molecule has 0 heterocycles. The zero-order valence-corrected chi connectivity index (χ0v) is 14.4. The first-order valence-electron chi connectivity index (χ1n) is 8.30. The third-order valence-electron chi connectivity index (χ3n) is 4.83. The fourth-order valence-corrected chi connectivity index (χ4v) is 3.13. The molecular formula is C18H25FN2O3. The van der Waals surface area contributed by atoms with Gasteiger partial charge in [-0.1, -0.05) is 19.1 Å². The lowest BCUT2D eigenvalue weighted by Crippen LogP contribution is -2.57. The van der Waals surface area contributed by atoms with E-state index in [-0.39, 0.29) is 11.9 Å². The number of likely N-dealkylation sites (N-methyl/N-ethyl adjacent to an activating group) is 1. The van der Waals surface area contributed by atoms with Crippen molar-refractivity contribution >= 4 is 11.9 Å². The second-order valence-electron chi connectivity index (χ2n) is 6.21. The maximum absolute atomic E-state index is 14.4. The quantitative estimate of drug-likeness (QED) is 0.750. The molecule has 6 heteroatoms. The number of amides is 1. The van der Waals surface area contributed by atoms with E-state index in [1.807, 2.05) is 6.92 Å². The fraction of sp³-hybridized carbons (Fsp3) is 0.556. The summed E-state index contributed by atoms with van der Waals surface area (Å²) in [5.41, 5.74) is 0.489. The van der Waals surface area contributed by atoms with Crippen molar-refractivity contribution in [2.24, 2.45) is 0 Å². The summed E-state index contributed by atoms with van der Waals surface area (Å²) in [6.45, 7) is 2.23. The van der Waals surface area contributed by atoms with Crippen molar-refractivity contribution in [1.82, 2.24) is 10.6 Å². The molecule has 132 valence electrons. The molecule has 1 unspecified atom stereocenters. The molecule has 1 saturated carbocycles. The topological polar surface area (TPSA) is 67.4 Å². The summed E-state index contributed by atoms with van der Waals surface area (Å²) in [5, 5.41) is 5.77. The molecule has 5 nitrogen and oxygen atoms in total. The summed E-state index contributed by atoms with van der Waals surface area (Å²) < 4.78 is 19.3. The molecule has 2 N–H and O–H groups in total. The highest BCUT2D eigenvalue weighted by Gasteiger charge is 2.44. The molecular weight excluding hydrogens is 311 g/mol. The minimum atomic E-state index is -0.641. The minimum absolute atomic E-state index is 0.193. The first-order chi connectivity index (χ1) is 11.5. The van der Waals surface area contributed by atoms with E-state index in [9.17, 15) is 14.0 Å². The van der Waals surface area contributed by atoms with Crippen LogP contribution in [0.5, 0.6) is 0 Å². The van der Waals surface area contributed by atoms with E-state index in [4.69, 9.17) is 4.74 Å². The molecule has 24 heavy (non-hydrogen) atoms. The highest BCUT2D eigenvalue weighted by molar-refractivity contribution is 5.83. The number of hydrogen-bond donors (Lipinski definition) is 2. The van der Waals surface area contributed by atoms with Gasteiger partial charge in [-0.2, -0.15) is 0 Å². The summed E-state index contributed by atoms with van der Waals surface area (Å²) in [4.78, 5) is 23.7. The van der Waals surface area contributed by atoms with Gasteiger partial charge in [0, 0.05) is 19.2 Å². The van der Waals surface area contributed by atoms with E-state index >= 15 is 0 Å². The van der Waals surface area contributed by atoms with E-state index in [1.54, 1.807) is 19.2 Å². The van der Waals surface area contributed by atoms with Crippen molar-refractivity contribution in [3.63, 3.8) is 0 Å². The molecule has 2 rings (SSSR count). The Bertz CT molecular complexity index is 614. The highest BCUT2D eigenvalue weighted by Crippen LogP contribution is 2.33. The van der Waals surface area contributed by atoms with Crippen LogP contribution in [0.15, 0.2) is 18.2 Å². The van der Waals surface area contributed by atoms with Gasteiger partial charge in [0.25, 0.3) is 0 Å². The van der Waals surface area contributed by atoms with E-state index in [2.05, 4.69) is 10.6 Å². The van der Waals surface area contributed by atoms with Crippen molar-refractivity contribution < 1.29 is 18.7 Å². The normalized spacial score (nSPS) is 16.8. The Balaban J connectivity index is 2.09. The molecule has 1 aliphatic carbocycles. The second-order valence-corrected chi connectivity index (χ2v) is 6.21. The largest absolute Gasteiger partial charge is 0.468 e. The Morgan fingerprint density at radius 1 is 1.38 bits per heavy atom. The standard InChI is InChI=1S/C18H25FN2O3/c1-4-13(16(22)20-2)14-7-6-12(10-15(14)19)11-21-18(8-5-9-18)17(23)24-3/h6-7,10,13,21H,4-5,8-9,11H2,1-3H3,(H,20,22). The minimum Gasteiger partial charge on any atom is -0.468 e. The Kier molecular flexibility index (Phi) is 5.94. The van der Waals surface area contributed by atoms with Crippen LogP contribution in [0.25, 0.3) is 0 Å². The van der Waals surface area contributed by atoms with Crippen molar-refractivity contribution in [3.8, 4) is 0 Å². The lowest BCUT2D eigenvalue weighted by molar-refractivity contribution is -0.152. The van der Waals surface area contributed by atoms with Gasteiger partial charge in [-0.15, -0.1) is 0 Å². The predicted molar refractivity (Wildman–Crippen MR) is 88.9 cm³/mol. The number of rotatable bonds is 7. The number of halogens is 1. The van der Waals surface area contributed by atoms with Crippen LogP contribution in [0.4, 0.5) is 4.39 Å². The van der Waals surface area contributed by atoms with Gasteiger partial charge in [-0.05, 0) is 37.3 Å². The molecule has 1 atom stereocenters. The average molecular weight is 336 g/mol. The summed E-state index contributed by atoms with van der Waals surface area (Å²) in [6, 6.07) is 4.87. The molecule has 0 spiro atoms. The number of methoxy groups -OCH3 is 1. The third kappa shape index (κ3) is 3.59. The SMILES string of the molecule is CCC(C(=O)NC)c1ccc(CNC2(C(=O)OC)CCC2)cc1F. The number of nitrogens with one attached hydrogen (secondary N) is 2. The average Bonchev–Trinajstić information content (AvgIpc) is 2.55. The molecule has 1 fully saturated rings. The first-order valence-corrected chi connectivity index (χ1v) is 8.30. The number of carbonyl (C=O) groups is 2. The molecule has 1 aromatic rings. The molecule has 0 aliphatic heterocycles. The Morgan fingerprint density at radius 2 is 2.08 bits per heavy atom. The zero-order chi connectivity index (χ0) is 17.7. The van der Waals surface area contributed by atoms with Gasteiger partial charge in [-0.25, -0.2) is 4.39 Å². The van der Waals surface area contributed by atoms with Gasteiger partial charge in [0.05, 0.1) is 13.0 Å². The molecule has 0 bridgehead atoms. The zero-order valence-electron chi connectivity index (χ0n) is 14.4. The van der Waals surface area contributed by atoms with Crippen LogP contribution in [0.1, 0.15) is 49.7 Å². The highest BCUT2D eigenvalue weighted by atomic mass is 19.1. The Labute approximate surface area is 142 Å². The number of ether oxygens (including phenoxy) is 1. The Morgan fingerprint density at radius 3 is 2.54 bits per heavy atom. The van der Waals surface area contributed by atoms with Crippen molar-refractivity contribution in [3.05, 3.63) is 35.1 Å². The fourth-order valence-electron chi connectivity index (χ4n) is 3.13. The van der Waals surface area contributed by atoms with Crippen LogP contribution < -0.4 is 10.6 Å². The smallest absolute Gasteiger partial charge is 0.326 e. The van der Waals surface area contributed by atoms with Crippen LogP contribution in [-0.2, 0) is 20.9 Å². The van der Waals surface area contributed by atoms with Gasteiger partial charge >= 0.3 is 5.97 Å². The van der Waals surface area contributed by atoms with Crippen molar-refractivity contribution in [2.45, 2.75) is 50.6 Å². The van der Waals surface area contributed by atoms with Gasteiger partial charge in [0.2, 0.25) is 5.91 Å². The van der Waals surface area contributed by atoms with Gasteiger partial charge < -0.3 is 10.1 Å². The van der Waals surface area contributed by atoms with E-state index in [1.165, 1.54) is 13.2 Å². The van der Waals surface area contributed by atoms with Crippen LogP contribution in [0.2, 0.25) is 0 Å². The molecule has 1 aromatic carbocycles. The first kappa shape index (κ1) is 18.4. The van der Waals surface area contributed by atoms with E-state index < -0.39 is 17.3 Å². The van der Waals surface area contributed by atoms with Crippen LogP contribution in [0, 0.1) is 5.82 Å².